The van der Waals surface area contributed by atoms with Crippen LogP contribution in [-0.4, -0.2) is 23.6 Å². The SMILES string of the molecule is NC(=O)CC(=O)Nc1ccc(-c2ccc(NC(=O)CC(N)=O)cc2)cc1. The van der Waals surface area contributed by atoms with Crippen molar-refractivity contribution in [3.05, 3.63) is 48.5 Å². The Bertz CT molecular complexity index is 758. The van der Waals surface area contributed by atoms with Crippen molar-refractivity contribution in [1.29, 1.82) is 0 Å². The number of nitrogens with two attached hydrogens (primary N) is 2. The molecule has 0 aliphatic rings. The van der Waals surface area contributed by atoms with Crippen LogP contribution < -0.4 is 22.1 Å². The number of primary amides is 2. The quantitative estimate of drug-likeness (QED) is 0.549. The highest BCUT2D eigenvalue weighted by Crippen LogP contribution is 2.23. The first-order valence-electron chi connectivity index (χ1n) is 7.70. The molecule has 8 heteroatoms. The number of benzene rings is 2. The number of hydrogen-bond acceptors (Lipinski definition) is 4. The molecule has 0 radical (unpaired) electrons. The first-order valence-corrected chi connectivity index (χ1v) is 7.70. The first kappa shape index (κ1) is 18.7. The molecule has 0 unspecified atom stereocenters. The zero-order valence-electron chi connectivity index (χ0n) is 13.8. The molecule has 2 aromatic carbocycles. The van der Waals surface area contributed by atoms with Crippen LogP contribution in [0.3, 0.4) is 0 Å². The van der Waals surface area contributed by atoms with E-state index in [9.17, 15) is 19.2 Å². The standard InChI is InChI=1S/C18H18N4O4/c19-15(23)9-17(25)21-13-5-1-11(2-6-13)12-3-7-14(8-4-12)22-18(26)10-16(20)24/h1-8H,9-10H2,(H2,19,23)(H2,20,24)(H,21,25)(H,22,26). The lowest BCUT2D eigenvalue weighted by molar-refractivity contribution is -0.126. The highest BCUT2D eigenvalue weighted by atomic mass is 16.2. The van der Waals surface area contributed by atoms with Gasteiger partial charge in [0.25, 0.3) is 0 Å². The van der Waals surface area contributed by atoms with Crippen LogP contribution in [0.5, 0.6) is 0 Å². The van der Waals surface area contributed by atoms with E-state index in [2.05, 4.69) is 10.6 Å². The van der Waals surface area contributed by atoms with Gasteiger partial charge < -0.3 is 22.1 Å². The topological polar surface area (TPSA) is 144 Å². The molecule has 0 atom stereocenters. The molecule has 0 aliphatic carbocycles. The van der Waals surface area contributed by atoms with Crippen molar-refractivity contribution in [3.63, 3.8) is 0 Å². The molecule has 0 spiro atoms. The molecule has 2 rings (SSSR count). The maximum atomic E-state index is 11.5. The molecule has 0 saturated carbocycles. The molecule has 4 amide bonds. The third kappa shape index (κ3) is 5.75. The van der Waals surface area contributed by atoms with E-state index in [1.54, 1.807) is 48.5 Å². The minimum atomic E-state index is -0.692. The van der Waals surface area contributed by atoms with Gasteiger partial charge in [-0.15, -0.1) is 0 Å². The van der Waals surface area contributed by atoms with Crippen molar-refractivity contribution in [2.24, 2.45) is 11.5 Å². The van der Waals surface area contributed by atoms with Crippen LogP contribution in [0.15, 0.2) is 48.5 Å². The monoisotopic (exact) mass is 354 g/mol. The summed E-state index contributed by atoms with van der Waals surface area (Å²) in [5, 5.41) is 5.15. The summed E-state index contributed by atoms with van der Waals surface area (Å²) in [4.78, 5) is 44.4. The predicted octanol–water partition coefficient (Wildman–Crippen LogP) is 0.981. The minimum Gasteiger partial charge on any atom is -0.369 e. The fourth-order valence-electron chi connectivity index (χ4n) is 2.22. The Balaban J connectivity index is 2.00. The summed E-state index contributed by atoms with van der Waals surface area (Å²) in [6.07, 6.45) is -0.741. The fourth-order valence-corrected chi connectivity index (χ4v) is 2.22. The summed E-state index contributed by atoms with van der Waals surface area (Å²) in [7, 11) is 0. The summed E-state index contributed by atoms with van der Waals surface area (Å²) in [5.41, 5.74) is 12.8. The largest absolute Gasteiger partial charge is 0.369 e. The highest BCUT2D eigenvalue weighted by Gasteiger charge is 2.08. The summed E-state index contributed by atoms with van der Waals surface area (Å²) >= 11 is 0. The van der Waals surface area contributed by atoms with Gasteiger partial charge in [0.2, 0.25) is 23.6 Å². The number of carbonyl (C=O) groups excluding carboxylic acids is 4. The second-order valence-corrected chi connectivity index (χ2v) is 5.54. The van der Waals surface area contributed by atoms with E-state index in [1.807, 2.05) is 0 Å². The molecule has 2 aromatic rings. The van der Waals surface area contributed by atoms with Gasteiger partial charge in [-0.1, -0.05) is 24.3 Å². The Morgan fingerprint density at radius 3 is 1.19 bits per heavy atom. The van der Waals surface area contributed by atoms with Crippen molar-refractivity contribution in [2.45, 2.75) is 12.8 Å². The lowest BCUT2D eigenvalue weighted by atomic mass is 10.0. The average Bonchev–Trinajstić information content (AvgIpc) is 2.54. The second-order valence-electron chi connectivity index (χ2n) is 5.54. The summed E-state index contributed by atoms with van der Waals surface area (Å²) in [5.74, 6) is -2.33. The second kappa shape index (κ2) is 8.43. The summed E-state index contributed by atoms with van der Waals surface area (Å²) in [6.45, 7) is 0. The van der Waals surface area contributed by atoms with Crippen molar-refractivity contribution in [1.82, 2.24) is 0 Å². The van der Waals surface area contributed by atoms with Crippen molar-refractivity contribution < 1.29 is 19.2 Å². The number of amides is 4. The molecule has 6 N–H and O–H groups in total. The minimum absolute atomic E-state index is 0.370. The average molecular weight is 354 g/mol. The van der Waals surface area contributed by atoms with Gasteiger partial charge in [0.15, 0.2) is 0 Å². The Labute approximate surface area is 149 Å². The maximum absolute atomic E-state index is 11.5. The van der Waals surface area contributed by atoms with Crippen LogP contribution in [0.2, 0.25) is 0 Å². The Morgan fingerprint density at radius 2 is 0.923 bits per heavy atom. The van der Waals surface area contributed by atoms with Gasteiger partial charge in [0.1, 0.15) is 12.8 Å². The van der Waals surface area contributed by atoms with Crippen LogP contribution in [0.1, 0.15) is 12.8 Å². The van der Waals surface area contributed by atoms with Crippen molar-refractivity contribution >= 4 is 35.0 Å². The third-order valence-corrected chi connectivity index (χ3v) is 3.34. The fraction of sp³-hybridized carbons (Fsp3) is 0.111. The first-order chi connectivity index (χ1) is 12.3. The zero-order chi connectivity index (χ0) is 19.1. The van der Waals surface area contributed by atoms with Crippen molar-refractivity contribution in [3.8, 4) is 11.1 Å². The van der Waals surface area contributed by atoms with Gasteiger partial charge in [0, 0.05) is 11.4 Å². The van der Waals surface area contributed by atoms with E-state index in [0.717, 1.165) is 11.1 Å². The molecule has 134 valence electrons. The van der Waals surface area contributed by atoms with E-state index in [1.165, 1.54) is 0 Å². The zero-order valence-corrected chi connectivity index (χ0v) is 13.8. The van der Waals surface area contributed by atoms with Crippen LogP contribution in [0, 0.1) is 0 Å². The molecule has 0 bridgehead atoms. The van der Waals surface area contributed by atoms with Crippen LogP contribution >= 0.6 is 0 Å². The van der Waals surface area contributed by atoms with E-state index in [-0.39, 0.29) is 12.8 Å². The predicted molar refractivity (Wildman–Crippen MR) is 96.8 cm³/mol. The smallest absolute Gasteiger partial charge is 0.233 e. The molecular formula is C18H18N4O4. The molecular weight excluding hydrogens is 336 g/mol. The van der Waals surface area contributed by atoms with E-state index in [4.69, 9.17) is 11.5 Å². The van der Waals surface area contributed by atoms with E-state index < -0.39 is 23.6 Å². The van der Waals surface area contributed by atoms with Gasteiger partial charge in [-0.3, -0.25) is 19.2 Å². The number of rotatable bonds is 7. The van der Waals surface area contributed by atoms with Gasteiger partial charge >= 0.3 is 0 Å². The van der Waals surface area contributed by atoms with Gasteiger partial charge in [-0.25, -0.2) is 0 Å². The molecule has 0 heterocycles. The molecule has 0 aromatic heterocycles. The van der Waals surface area contributed by atoms with Crippen LogP contribution in [-0.2, 0) is 19.2 Å². The van der Waals surface area contributed by atoms with Crippen LogP contribution in [0.25, 0.3) is 11.1 Å². The number of hydrogen-bond donors (Lipinski definition) is 4. The summed E-state index contributed by atoms with van der Waals surface area (Å²) < 4.78 is 0. The van der Waals surface area contributed by atoms with E-state index >= 15 is 0 Å². The molecule has 8 nitrogen and oxygen atoms in total. The molecule has 26 heavy (non-hydrogen) atoms. The van der Waals surface area contributed by atoms with Crippen LogP contribution in [0.4, 0.5) is 11.4 Å². The number of carbonyl (C=O) groups is 4. The van der Waals surface area contributed by atoms with Gasteiger partial charge in [0.05, 0.1) is 0 Å². The normalized spacial score (nSPS) is 10.0. The third-order valence-electron chi connectivity index (χ3n) is 3.34. The van der Waals surface area contributed by atoms with Gasteiger partial charge in [-0.05, 0) is 35.4 Å². The lowest BCUT2D eigenvalue weighted by Crippen LogP contribution is -2.21. The highest BCUT2D eigenvalue weighted by molar-refractivity contribution is 6.03. The number of nitrogens with one attached hydrogen (secondary N) is 2. The molecule has 0 aliphatic heterocycles. The molecule has 0 saturated heterocycles. The summed E-state index contributed by atoms with van der Waals surface area (Å²) in [6, 6.07) is 14.0. The van der Waals surface area contributed by atoms with E-state index in [0.29, 0.717) is 11.4 Å². The Morgan fingerprint density at radius 1 is 0.615 bits per heavy atom. The number of anilines is 2. The maximum Gasteiger partial charge on any atom is 0.233 e. The Kier molecular flexibility index (Phi) is 6.05. The van der Waals surface area contributed by atoms with Gasteiger partial charge in [-0.2, -0.15) is 0 Å². The molecule has 0 fully saturated rings. The van der Waals surface area contributed by atoms with Crippen molar-refractivity contribution in [2.75, 3.05) is 10.6 Å². The Hall–Kier alpha value is -3.68. The lowest BCUT2D eigenvalue weighted by Gasteiger charge is -2.08.